The topological polar surface area (TPSA) is 83.6 Å². The van der Waals surface area contributed by atoms with Crippen LogP contribution in [0.1, 0.15) is 19.8 Å². The largest absolute Gasteiger partial charge is 0.480 e. The Hall–Kier alpha value is -2.18. The van der Waals surface area contributed by atoms with Crippen molar-refractivity contribution in [2.24, 2.45) is 0 Å². The van der Waals surface area contributed by atoms with Gasteiger partial charge in [-0.15, -0.1) is 10.2 Å². The summed E-state index contributed by atoms with van der Waals surface area (Å²) in [5, 5.41) is 17.2. The third-order valence-electron chi connectivity index (χ3n) is 3.55. The maximum absolute atomic E-state index is 11.5. The molecule has 1 fully saturated rings. The molecular formula is C11H13N5O2. The molecular weight excluding hydrogens is 234 g/mol. The molecule has 1 atom stereocenters. The Kier molecular flexibility index (Phi) is 2.22. The molecule has 7 heteroatoms. The average molecular weight is 247 g/mol. The Bertz CT molecular complexity index is 610. The van der Waals surface area contributed by atoms with Crippen LogP contribution in [0, 0.1) is 0 Å². The van der Waals surface area contributed by atoms with E-state index < -0.39 is 11.5 Å². The maximum atomic E-state index is 11.5. The first-order chi connectivity index (χ1) is 8.63. The fourth-order valence-electron chi connectivity index (χ4n) is 2.46. The van der Waals surface area contributed by atoms with E-state index in [1.807, 2.05) is 0 Å². The third-order valence-corrected chi connectivity index (χ3v) is 3.55. The van der Waals surface area contributed by atoms with Crippen molar-refractivity contribution in [3.8, 4) is 0 Å². The van der Waals surface area contributed by atoms with Crippen LogP contribution in [0.2, 0.25) is 0 Å². The summed E-state index contributed by atoms with van der Waals surface area (Å²) in [5.41, 5.74) is -0.326. The first-order valence-electron chi connectivity index (χ1n) is 5.78. The zero-order valence-corrected chi connectivity index (χ0v) is 9.94. The number of carboxylic acids is 1. The summed E-state index contributed by atoms with van der Waals surface area (Å²) >= 11 is 0. The first-order valence-corrected chi connectivity index (χ1v) is 5.78. The standard InChI is InChI=1S/C11H13N5O2/c1-11(10(17)18)3-2-5-16(11)8-9-14-13-7-15(9)6-4-12-8/h4,6-7H,2-3,5H2,1H3,(H,17,18). The molecule has 0 aromatic carbocycles. The van der Waals surface area contributed by atoms with Crippen LogP contribution in [-0.2, 0) is 4.79 Å². The highest BCUT2D eigenvalue weighted by molar-refractivity contribution is 5.85. The quantitative estimate of drug-likeness (QED) is 0.835. The Morgan fingerprint density at radius 3 is 3.17 bits per heavy atom. The summed E-state index contributed by atoms with van der Waals surface area (Å²) in [6, 6.07) is 0. The van der Waals surface area contributed by atoms with Gasteiger partial charge in [-0.3, -0.25) is 4.40 Å². The molecule has 0 spiro atoms. The molecule has 0 aliphatic carbocycles. The minimum Gasteiger partial charge on any atom is -0.480 e. The fraction of sp³-hybridized carbons (Fsp3) is 0.455. The van der Waals surface area contributed by atoms with E-state index in [0.717, 1.165) is 6.42 Å². The highest BCUT2D eigenvalue weighted by Crippen LogP contribution is 2.34. The summed E-state index contributed by atoms with van der Waals surface area (Å²) in [7, 11) is 0. The van der Waals surface area contributed by atoms with E-state index in [0.29, 0.717) is 24.4 Å². The Balaban J connectivity index is 2.14. The van der Waals surface area contributed by atoms with Crippen LogP contribution in [0.15, 0.2) is 18.7 Å². The second-order valence-electron chi connectivity index (χ2n) is 4.65. The van der Waals surface area contributed by atoms with E-state index >= 15 is 0 Å². The van der Waals surface area contributed by atoms with Gasteiger partial charge in [0, 0.05) is 18.9 Å². The normalized spacial score (nSPS) is 23.7. The van der Waals surface area contributed by atoms with Crippen LogP contribution in [0.3, 0.4) is 0 Å². The number of aliphatic carboxylic acids is 1. The molecule has 0 saturated carbocycles. The molecule has 2 aromatic heterocycles. The number of carboxylic acid groups (broad SMARTS) is 1. The van der Waals surface area contributed by atoms with E-state index in [-0.39, 0.29) is 0 Å². The van der Waals surface area contributed by atoms with Gasteiger partial charge in [-0.2, -0.15) is 0 Å². The second kappa shape index (κ2) is 3.66. The number of hydrogen-bond acceptors (Lipinski definition) is 5. The Labute approximate surface area is 103 Å². The lowest BCUT2D eigenvalue weighted by molar-refractivity contribution is -0.142. The van der Waals surface area contributed by atoms with Crippen molar-refractivity contribution in [3.05, 3.63) is 18.7 Å². The van der Waals surface area contributed by atoms with E-state index in [9.17, 15) is 9.90 Å². The van der Waals surface area contributed by atoms with Crippen molar-refractivity contribution in [1.29, 1.82) is 0 Å². The molecule has 1 saturated heterocycles. The maximum Gasteiger partial charge on any atom is 0.329 e. The predicted molar refractivity (Wildman–Crippen MR) is 63.4 cm³/mol. The zero-order chi connectivity index (χ0) is 12.8. The number of fused-ring (bicyclic) bond motifs is 1. The third kappa shape index (κ3) is 1.36. The molecule has 1 N–H and O–H groups in total. The van der Waals surface area contributed by atoms with Crippen molar-refractivity contribution < 1.29 is 9.90 Å². The van der Waals surface area contributed by atoms with E-state index in [4.69, 9.17) is 0 Å². The van der Waals surface area contributed by atoms with Gasteiger partial charge in [0.25, 0.3) is 0 Å². The van der Waals surface area contributed by atoms with Crippen molar-refractivity contribution in [3.63, 3.8) is 0 Å². The van der Waals surface area contributed by atoms with Gasteiger partial charge in [0.05, 0.1) is 0 Å². The van der Waals surface area contributed by atoms with Gasteiger partial charge in [0.1, 0.15) is 11.9 Å². The molecule has 1 aliphatic rings. The molecule has 3 rings (SSSR count). The van der Waals surface area contributed by atoms with E-state index in [1.165, 1.54) is 0 Å². The second-order valence-corrected chi connectivity index (χ2v) is 4.65. The summed E-state index contributed by atoms with van der Waals surface area (Å²) in [5.74, 6) is -0.249. The number of hydrogen-bond donors (Lipinski definition) is 1. The molecule has 1 aliphatic heterocycles. The van der Waals surface area contributed by atoms with Crippen LogP contribution in [-0.4, -0.2) is 42.7 Å². The Morgan fingerprint density at radius 2 is 2.39 bits per heavy atom. The van der Waals surface area contributed by atoms with Crippen LogP contribution >= 0.6 is 0 Å². The average Bonchev–Trinajstić information content (AvgIpc) is 2.95. The molecule has 94 valence electrons. The van der Waals surface area contributed by atoms with Gasteiger partial charge in [0.15, 0.2) is 5.82 Å². The highest BCUT2D eigenvalue weighted by Gasteiger charge is 2.44. The van der Waals surface area contributed by atoms with Gasteiger partial charge in [-0.1, -0.05) is 0 Å². The first kappa shape index (κ1) is 10.9. The molecule has 0 radical (unpaired) electrons. The molecule has 3 heterocycles. The molecule has 0 amide bonds. The van der Waals surface area contributed by atoms with E-state index in [2.05, 4.69) is 15.2 Å². The lowest BCUT2D eigenvalue weighted by atomic mass is 9.99. The summed E-state index contributed by atoms with van der Waals surface area (Å²) < 4.78 is 1.74. The lowest BCUT2D eigenvalue weighted by Gasteiger charge is -2.31. The van der Waals surface area contributed by atoms with Gasteiger partial charge in [-0.05, 0) is 19.8 Å². The van der Waals surface area contributed by atoms with Crippen molar-refractivity contribution in [2.45, 2.75) is 25.3 Å². The minimum absolute atomic E-state index is 0.581. The number of nitrogens with zero attached hydrogens (tertiary/aromatic N) is 5. The van der Waals surface area contributed by atoms with Crippen molar-refractivity contribution in [2.75, 3.05) is 11.4 Å². The smallest absolute Gasteiger partial charge is 0.329 e. The summed E-state index contributed by atoms with van der Waals surface area (Å²) in [4.78, 5) is 17.6. The summed E-state index contributed by atoms with van der Waals surface area (Å²) in [6.07, 6.45) is 6.40. The number of anilines is 1. The number of rotatable bonds is 2. The SMILES string of the molecule is CC1(C(=O)O)CCCN1c1nccn2cnnc12. The molecule has 7 nitrogen and oxygen atoms in total. The van der Waals surface area contributed by atoms with Crippen LogP contribution in [0.5, 0.6) is 0 Å². The number of aromatic nitrogens is 4. The number of carbonyl (C=O) groups is 1. The van der Waals surface area contributed by atoms with Crippen LogP contribution in [0.25, 0.3) is 5.65 Å². The van der Waals surface area contributed by atoms with Crippen molar-refractivity contribution in [1.82, 2.24) is 19.6 Å². The molecule has 1 unspecified atom stereocenters. The van der Waals surface area contributed by atoms with Gasteiger partial charge in [-0.25, -0.2) is 9.78 Å². The van der Waals surface area contributed by atoms with Crippen molar-refractivity contribution >= 4 is 17.4 Å². The lowest BCUT2D eigenvalue weighted by Crippen LogP contribution is -2.48. The van der Waals surface area contributed by atoms with Gasteiger partial charge >= 0.3 is 5.97 Å². The molecule has 2 aromatic rings. The van der Waals surface area contributed by atoms with E-state index in [1.54, 1.807) is 34.9 Å². The van der Waals surface area contributed by atoms with Crippen LogP contribution < -0.4 is 4.90 Å². The van der Waals surface area contributed by atoms with Crippen LogP contribution in [0.4, 0.5) is 5.82 Å². The highest BCUT2D eigenvalue weighted by atomic mass is 16.4. The van der Waals surface area contributed by atoms with Gasteiger partial charge < -0.3 is 10.0 Å². The zero-order valence-electron chi connectivity index (χ0n) is 9.94. The molecule has 18 heavy (non-hydrogen) atoms. The molecule has 0 bridgehead atoms. The fourth-order valence-corrected chi connectivity index (χ4v) is 2.46. The predicted octanol–water partition coefficient (Wildman–Crippen LogP) is 0.568. The van der Waals surface area contributed by atoms with Gasteiger partial charge in [0.2, 0.25) is 5.65 Å². The Morgan fingerprint density at radius 1 is 1.56 bits per heavy atom. The minimum atomic E-state index is -0.916. The monoisotopic (exact) mass is 247 g/mol. The summed E-state index contributed by atoms with van der Waals surface area (Å²) in [6.45, 7) is 2.40.